The van der Waals surface area contributed by atoms with Gasteiger partial charge in [0.15, 0.2) is 0 Å². The molecule has 0 amide bonds. The minimum Gasteiger partial charge on any atom is -0.0622 e. The van der Waals surface area contributed by atoms with Crippen LogP contribution in [0.1, 0.15) is 53.6 Å². The van der Waals surface area contributed by atoms with Crippen molar-refractivity contribution >= 4 is 0 Å². The SMILES string of the molecule is [2H]c1cc(-c2cc([2H])c([2H])c(-c3c([2H])c([2H])c(C4([2H])CC5CC(C5)C4)c([2H])c3[2H])c2[2H])c([2H])c([2H])c1[2H]. The average Bonchev–Trinajstić information content (AvgIpc) is 2.82. The van der Waals surface area contributed by atoms with Gasteiger partial charge in [0.05, 0.1) is 15.1 Å². The van der Waals surface area contributed by atoms with Crippen LogP contribution in [0, 0.1) is 11.8 Å². The standard InChI is InChI=1S/C25H24/c1-2-5-20(6-3-1)23-7-4-8-24(17-23)21-9-11-22(12-10-21)25-15-18-13-19(14-18)16-25/h1-12,17-19,25H,13-16H2/i1D,2D,3D,4D,5D,8D,9D,10D,11D,12D,17D,25D. The summed E-state index contributed by atoms with van der Waals surface area (Å²) < 4.78 is 101. The second-order valence-electron chi connectivity index (χ2n) is 6.87. The summed E-state index contributed by atoms with van der Waals surface area (Å²) in [6, 6.07) is -2.53. The van der Waals surface area contributed by atoms with E-state index in [1.165, 1.54) is 0 Å². The summed E-state index contributed by atoms with van der Waals surface area (Å²) in [6.07, 6.45) is 2.96. The maximum absolute atomic E-state index is 9.04. The summed E-state index contributed by atoms with van der Waals surface area (Å²) >= 11 is 0. The first-order chi connectivity index (χ1) is 17.3. The monoisotopic (exact) mass is 336 g/mol. The van der Waals surface area contributed by atoms with E-state index in [0.29, 0.717) is 24.7 Å². The lowest BCUT2D eigenvalue weighted by atomic mass is 9.60. The van der Waals surface area contributed by atoms with Crippen molar-refractivity contribution in [2.24, 2.45) is 11.8 Å². The first-order valence-electron chi connectivity index (χ1n) is 14.6. The Morgan fingerprint density at radius 1 is 0.640 bits per heavy atom. The molecule has 0 saturated heterocycles. The van der Waals surface area contributed by atoms with Crippen molar-refractivity contribution in [3.05, 3.63) is 84.2 Å². The third-order valence-corrected chi connectivity index (χ3v) is 5.14. The first-order valence-corrected chi connectivity index (χ1v) is 8.56. The van der Waals surface area contributed by atoms with E-state index in [4.69, 9.17) is 16.4 Å². The van der Waals surface area contributed by atoms with Crippen molar-refractivity contribution in [3.63, 3.8) is 0 Å². The second-order valence-corrected chi connectivity index (χ2v) is 6.87. The van der Waals surface area contributed by atoms with Gasteiger partial charge in [-0.3, -0.25) is 0 Å². The quantitative estimate of drug-likeness (QED) is 0.487. The third-order valence-electron chi connectivity index (χ3n) is 5.14. The fourth-order valence-electron chi connectivity index (χ4n) is 3.88. The fraction of sp³-hybridized carbons (Fsp3) is 0.280. The molecule has 0 heterocycles. The highest BCUT2D eigenvalue weighted by molar-refractivity contribution is 5.73. The van der Waals surface area contributed by atoms with E-state index >= 15 is 0 Å². The van der Waals surface area contributed by atoms with Gasteiger partial charge in [0.1, 0.15) is 0 Å². The van der Waals surface area contributed by atoms with E-state index in [1.54, 1.807) is 0 Å². The molecular formula is C25H24. The van der Waals surface area contributed by atoms with Crippen LogP contribution in [0.25, 0.3) is 22.3 Å². The van der Waals surface area contributed by atoms with Crippen molar-refractivity contribution in [3.8, 4) is 22.3 Å². The van der Waals surface area contributed by atoms with Gasteiger partial charge in [-0.2, -0.15) is 0 Å². The molecule has 6 rings (SSSR count). The summed E-state index contributed by atoms with van der Waals surface area (Å²) in [5.41, 5.74) is -0.755. The molecular weight excluding hydrogens is 300 g/mol. The highest BCUT2D eigenvalue weighted by Crippen LogP contribution is 2.51. The van der Waals surface area contributed by atoms with E-state index in [-0.39, 0.29) is 45.9 Å². The van der Waals surface area contributed by atoms with Crippen LogP contribution in [0.2, 0.25) is 0 Å². The third kappa shape index (κ3) is 2.91. The van der Waals surface area contributed by atoms with Gasteiger partial charge in [-0.25, -0.2) is 0 Å². The first kappa shape index (κ1) is 7.11. The van der Waals surface area contributed by atoms with Crippen LogP contribution in [0.5, 0.6) is 0 Å². The molecule has 25 heavy (non-hydrogen) atoms. The summed E-state index contributed by atoms with van der Waals surface area (Å²) in [7, 11) is 0. The van der Waals surface area contributed by atoms with Crippen LogP contribution in [0.3, 0.4) is 0 Å². The Morgan fingerprint density at radius 3 is 2.16 bits per heavy atom. The highest BCUT2D eigenvalue weighted by Gasteiger charge is 2.38. The summed E-state index contributed by atoms with van der Waals surface area (Å²) in [4.78, 5) is 0. The Hall–Kier alpha value is -2.34. The van der Waals surface area contributed by atoms with Gasteiger partial charge in [-0.1, -0.05) is 72.6 Å². The van der Waals surface area contributed by atoms with Crippen LogP contribution < -0.4 is 0 Å². The van der Waals surface area contributed by atoms with Crippen molar-refractivity contribution < 1.29 is 16.4 Å². The van der Waals surface area contributed by atoms with Crippen LogP contribution in [0.4, 0.5) is 0 Å². The van der Waals surface area contributed by atoms with E-state index in [9.17, 15) is 0 Å². The average molecular weight is 337 g/mol. The molecule has 3 aliphatic rings. The predicted octanol–water partition coefficient (Wildman–Crippen LogP) is 6.92. The van der Waals surface area contributed by atoms with Crippen LogP contribution in [-0.2, 0) is 0 Å². The van der Waals surface area contributed by atoms with Crippen molar-refractivity contribution in [1.29, 1.82) is 0 Å². The van der Waals surface area contributed by atoms with Gasteiger partial charge in [0.2, 0.25) is 0 Å². The Labute approximate surface area is 167 Å². The molecule has 0 N–H and O–H groups in total. The lowest BCUT2D eigenvalue weighted by Gasteiger charge is -2.45. The zero-order valence-corrected chi connectivity index (χ0v) is 13.6. The maximum Gasteiger partial charge on any atom is 0.0636 e. The Morgan fingerprint density at radius 2 is 1.36 bits per heavy atom. The summed E-state index contributed by atoms with van der Waals surface area (Å²) in [5, 5.41) is 0. The van der Waals surface area contributed by atoms with Gasteiger partial charge in [-0.15, -0.1) is 0 Å². The van der Waals surface area contributed by atoms with Gasteiger partial charge in [0.25, 0.3) is 0 Å². The molecule has 0 unspecified atom stereocenters. The number of hydrogen-bond acceptors (Lipinski definition) is 0. The molecule has 0 atom stereocenters. The molecule has 3 aromatic carbocycles. The molecule has 0 nitrogen and oxygen atoms in total. The molecule has 124 valence electrons. The lowest BCUT2D eigenvalue weighted by molar-refractivity contribution is 0.0966. The van der Waals surface area contributed by atoms with Gasteiger partial charge in [0, 0.05) is 1.37 Å². The largest absolute Gasteiger partial charge is 0.0636 e. The van der Waals surface area contributed by atoms with E-state index < -0.39 is 54.2 Å². The van der Waals surface area contributed by atoms with E-state index in [2.05, 4.69) is 0 Å². The molecule has 3 saturated carbocycles. The minimum atomic E-state index is -1.24. The predicted molar refractivity (Wildman–Crippen MR) is 106 cm³/mol. The van der Waals surface area contributed by atoms with Crippen molar-refractivity contribution in [2.75, 3.05) is 0 Å². The van der Waals surface area contributed by atoms with E-state index in [0.717, 1.165) is 25.0 Å². The summed E-state index contributed by atoms with van der Waals surface area (Å²) in [5.74, 6) is -0.579. The van der Waals surface area contributed by atoms with Gasteiger partial charge >= 0.3 is 0 Å². The number of fused-ring (bicyclic) bond motifs is 2. The second kappa shape index (κ2) is 6.19. The number of benzene rings is 3. The molecule has 0 aliphatic heterocycles. The Balaban J connectivity index is 1.76. The normalized spacial score (nSPS) is 34.2. The van der Waals surface area contributed by atoms with E-state index in [1.807, 2.05) is 0 Å². The molecule has 3 fully saturated rings. The number of rotatable bonds is 3. The summed E-state index contributed by atoms with van der Waals surface area (Å²) in [6.45, 7) is 0. The zero-order chi connectivity index (χ0) is 27.1. The molecule has 0 heteroatoms. The van der Waals surface area contributed by atoms with Crippen molar-refractivity contribution in [2.45, 2.75) is 31.6 Å². The smallest absolute Gasteiger partial charge is 0.0622 e. The van der Waals surface area contributed by atoms with Crippen molar-refractivity contribution in [1.82, 2.24) is 0 Å². The Kier molecular flexibility index (Phi) is 1.76. The van der Waals surface area contributed by atoms with Gasteiger partial charge in [-0.05, 0) is 77.3 Å². The minimum absolute atomic E-state index is 0.0261. The lowest BCUT2D eigenvalue weighted by Crippen LogP contribution is -2.32. The highest BCUT2D eigenvalue weighted by atomic mass is 14.4. The van der Waals surface area contributed by atoms with Crippen LogP contribution in [0.15, 0.2) is 78.6 Å². The fourth-order valence-corrected chi connectivity index (χ4v) is 3.88. The number of hydrogen-bond donors (Lipinski definition) is 0. The molecule has 0 spiro atoms. The molecule has 0 aromatic heterocycles. The zero-order valence-electron chi connectivity index (χ0n) is 25.6. The molecule has 3 aromatic rings. The van der Waals surface area contributed by atoms with Crippen LogP contribution in [-0.4, -0.2) is 0 Å². The van der Waals surface area contributed by atoms with Gasteiger partial charge < -0.3 is 0 Å². The topological polar surface area (TPSA) is 0 Å². The molecule has 0 radical (unpaired) electrons. The Bertz CT molecular complexity index is 1430. The maximum atomic E-state index is 9.04. The molecule has 3 aliphatic carbocycles. The molecule has 2 bridgehead atoms. The van der Waals surface area contributed by atoms with Crippen LogP contribution >= 0.6 is 0 Å².